The minimum atomic E-state index is -4.55. The summed E-state index contributed by atoms with van der Waals surface area (Å²) in [5.74, 6) is -1.42. The first-order chi connectivity index (χ1) is 21.2. The number of rotatable bonds is 12. The van der Waals surface area contributed by atoms with E-state index < -0.39 is 57.6 Å². The lowest BCUT2D eigenvalue weighted by Gasteiger charge is -2.30. The Morgan fingerprint density at radius 1 is 1.16 bits per heavy atom. The molecule has 2 aliphatic heterocycles. The molecule has 15 heteroatoms. The molecule has 3 atom stereocenters. The van der Waals surface area contributed by atoms with Gasteiger partial charge in [0, 0.05) is 29.5 Å². The Balaban J connectivity index is 1.51. The number of sulfonamides is 1. The third-order valence-electron chi connectivity index (χ3n) is 8.04. The van der Waals surface area contributed by atoms with Gasteiger partial charge in [0.2, 0.25) is 21.8 Å². The second kappa shape index (κ2) is 15.3. The van der Waals surface area contributed by atoms with E-state index in [1.165, 1.54) is 23.1 Å². The molecule has 4 rings (SSSR count). The zero-order valence-corrected chi connectivity index (χ0v) is 27.1. The van der Waals surface area contributed by atoms with Crippen LogP contribution in [0.4, 0.5) is 17.6 Å². The van der Waals surface area contributed by atoms with Crippen LogP contribution in [0.15, 0.2) is 46.9 Å². The van der Waals surface area contributed by atoms with Gasteiger partial charge in [0.25, 0.3) is 0 Å². The van der Waals surface area contributed by atoms with Crippen LogP contribution >= 0.6 is 15.9 Å². The van der Waals surface area contributed by atoms with Crippen LogP contribution in [0.25, 0.3) is 0 Å². The van der Waals surface area contributed by atoms with Crippen molar-refractivity contribution in [3.8, 4) is 0 Å². The molecule has 2 saturated heterocycles. The molecule has 0 radical (unpaired) electrons. The van der Waals surface area contributed by atoms with E-state index >= 15 is 0 Å². The molecule has 0 saturated carbocycles. The number of halogens is 5. The van der Waals surface area contributed by atoms with Crippen LogP contribution in [-0.4, -0.2) is 69.2 Å². The first-order valence-electron chi connectivity index (χ1n) is 14.7. The van der Waals surface area contributed by atoms with Gasteiger partial charge >= 0.3 is 6.18 Å². The maximum absolute atomic E-state index is 14.4. The van der Waals surface area contributed by atoms with Crippen molar-refractivity contribution in [3.63, 3.8) is 0 Å². The lowest BCUT2D eigenvalue weighted by atomic mass is 9.91. The van der Waals surface area contributed by atoms with Gasteiger partial charge in [0.05, 0.1) is 24.5 Å². The van der Waals surface area contributed by atoms with Gasteiger partial charge in [-0.25, -0.2) is 17.5 Å². The predicted molar refractivity (Wildman–Crippen MR) is 163 cm³/mol. The largest absolute Gasteiger partial charge is 0.416 e. The molecule has 0 spiro atoms. The van der Waals surface area contributed by atoms with Gasteiger partial charge in [0.1, 0.15) is 17.9 Å². The summed E-state index contributed by atoms with van der Waals surface area (Å²) in [6.07, 6.45) is -1.64. The summed E-state index contributed by atoms with van der Waals surface area (Å²) in [5, 5.41) is 5.89. The van der Waals surface area contributed by atoms with Gasteiger partial charge in [-0.1, -0.05) is 34.1 Å². The smallest absolute Gasteiger partial charge is 0.371 e. The summed E-state index contributed by atoms with van der Waals surface area (Å²) in [4.78, 5) is 28.6. The Labute approximate surface area is 268 Å². The third-order valence-corrected chi connectivity index (χ3v) is 9.24. The van der Waals surface area contributed by atoms with Crippen LogP contribution in [0, 0.1) is 11.7 Å². The van der Waals surface area contributed by atoms with E-state index in [1.54, 1.807) is 12.1 Å². The maximum atomic E-state index is 14.4. The fraction of sp³-hybridized carbons (Fsp3) is 0.533. The first kappa shape index (κ1) is 35.3. The summed E-state index contributed by atoms with van der Waals surface area (Å²) in [5.41, 5.74) is -0.373. The Bertz CT molecular complexity index is 1460. The second-order valence-electron chi connectivity index (χ2n) is 11.5. The Morgan fingerprint density at radius 3 is 2.56 bits per heavy atom. The average Bonchev–Trinajstić information content (AvgIpc) is 3.41. The number of hydrogen-bond donors (Lipinski definition) is 3. The van der Waals surface area contributed by atoms with E-state index in [2.05, 4.69) is 31.3 Å². The Morgan fingerprint density at radius 2 is 1.89 bits per heavy atom. The van der Waals surface area contributed by atoms with Crippen molar-refractivity contribution in [1.82, 2.24) is 20.3 Å². The molecule has 0 bridgehead atoms. The molecule has 2 heterocycles. The van der Waals surface area contributed by atoms with Gasteiger partial charge in [-0.05, 0) is 74.5 Å². The molecule has 248 valence electrons. The molecule has 9 nitrogen and oxygen atoms in total. The van der Waals surface area contributed by atoms with Crippen LogP contribution in [-0.2, 0) is 43.7 Å². The zero-order chi connectivity index (χ0) is 32.8. The number of ether oxygens (including phenoxy) is 1. The minimum absolute atomic E-state index is 0.0260. The molecule has 2 fully saturated rings. The maximum Gasteiger partial charge on any atom is 0.416 e. The Kier molecular flexibility index (Phi) is 12.0. The molecule has 2 amide bonds. The molecule has 45 heavy (non-hydrogen) atoms. The summed E-state index contributed by atoms with van der Waals surface area (Å²) >= 11 is 3.20. The van der Waals surface area contributed by atoms with Gasteiger partial charge < -0.3 is 20.3 Å². The highest BCUT2D eigenvalue weighted by Crippen LogP contribution is 2.30. The zero-order valence-electron chi connectivity index (χ0n) is 24.7. The molecule has 2 aromatic carbocycles. The van der Waals surface area contributed by atoms with Crippen molar-refractivity contribution in [2.75, 3.05) is 25.9 Å². The van der Waals surface area contributed by atoms with E-state index in [0.717, 1.165) is 44.3 Å². The van der Waals surface area contributed by atoms with Crippen LogP contribution < -0.4 is 15.4 Å². The fourth-order valence-electron chi connectivity index (χ4n) is 5.69. The van der Waals surface area contributed by atoms with E-state index in [0.29, 0.717) is 16.8 Å². The predicted octanol–water partition coefficient (Wildman–Crippen LogP) is 4.11. The number of carbonyl (C=O) groups is 2. The number of hydrogen-bond acceptors (Lipinski definition) is 6. The molecule has 3 N–H and O–H groups in total. The summed E-state index contributed by atoms with van der Waals surface area (Å²) in [6.45, 7) is 1.25. The molecular formula is C30H37BrF4N4O5S. The molecule has 2 aromatic rings. The lowest BCUT2D eigenvalue weighted by Crippen LogP contribution is -2.53. The van der Waals surface area contributed by atoms with Crippen molar-refractivity contribution >= 4 is 37.8 Å². The third kappa shape index (κ3) is 10.5. The number of nitrogens with one attached hydrogen (secondary N) is 3. The van der Waals surface area contributed by atoms with Crippen LogP contribution in [0.2, 0.25) is 0 Å². The molecule has 2 aliphatic rings. The van der Waals surface area contributed by atoms with Gasteiger partial charge in [-0.3, -0.25) is 9.59 Å². The van der Waals surface area contributed by atoms with Crippen LogP contribution in [0.3, 0.4) is 0 Å². The minimum Gasteiger partial charge on any atom is -0.371 e. The number of alkyl halides is 3. The standard InChI is InChI=1S/C30H37BrF4N4O5S/c1-45(42,43)38-26(8-5-19-9-11-36-12-10-19)29(41)39-17-24(44-18-21-6-7-23(31)14-25(21)32)15-27(39)28(40)37-16-20-3-2-4-22(13-20)30(33,34)35/h2-4,6-7,13-14,19,24,26-27,36,38H,5,8-12,15-18H2,1H3,(H,37,40)/t24-,26-,27?/m1/s1. The summed E-state index contributed by atoms with van der Waals surface area (Å²) in [7, 11) is -3.80. The van der Waals surface area contributed by atoms with Crippen molar-refractivity contribution in [1.29, 1.82) is 0 Å². The number of piperidine rings is 1. The first-order valence-corrected chi connectivity index (χ1v) is 17.4. The normalized spacial score (nSPS) is 20.3. The van der Waals surface area contributed by atoms with E-state index in [1.807, 2.05) is 0 Å². The highest BCUT2D eigenvalue weighted by Gasteiger charge is 2.43. The van der Waals surface area contributed by atoms with E-state index in [4.69, 9.17) is 4.74 Å². The topological polar surface area (TPSA) is 117 Å². The van der Waals surface area contributed by atoms with Gasteiger partial charge in [0.15, 0.2) is 0 Å². The highest BCUT2D eigenvalue weighted by molar-refractivity contribution is 9.10. The van der Waals surface area contributed by atoms with Crippen molar-refractivity contribution in [2.45, 2.75) is 69.6 Å². The number of benzene rings is 2. The monoisotopic (exact) mass is 720 g/mol. The number of likely N-dealkylation sites (tertiary alicyclic amines) is 1. The number of nitrogens with zero attached hydrogens (tertiary/aromatic N) is 1. The van der Waals surface area contributed by atoms with E-state index in [-0.39, 0.29) is 43.7 Å². The average molecular weight is 722 g/mol. The quantitative estimate of drug-likeness (QED) is 0.285. The molecular weight excluding hydrogens is 684 g/mol. The van der Waals surface area contributed by atoms with Crippen molar-refractivity contribution < 1.29 is 40.3 Å². The highest BCUT2D eigenvalue weighted by atomic mass is 79.9. The van der Waals surface area contributed by atoms with Crippen molar-refractivity contribution in [3.05, 3.63) is 69.4 Å². The lowest BCUT2D eigenvalue weighted by molar-refractivity contribution is -0.140. The SMILES string of the molecule is CS(=O)(=O)N[C@H](CCC1CCNCC1)C(=O)N1C[C@H](OCc2ccc(Br)cc2F)CC1C(=O)NCc1cccc(C(F)(F)F)c1. The fourth-order valence-corrected chi connectivity index (χ4v) is 6.75. The summed E-state index contributed by atoms with van der Waals surface area (Å²) in [6, 6.07) is 6.81. The van der Waals surface area contributed by atoms with Crippen LogP contribution in [0.1, 0.15) is 48.8 Å². The Hall–Kier alpha value is -2.59. The van der Waals surface area contributed by atoms with Gasteiger partial charge in [-0.15, -0.1) is 0 Å². The van der Waals surface area contributed by atoms with Gasteiger partial charge in [-0.2, -0.15) is 13.2 Å². The molecule has 1 unspecified atom stereocenters. The molecule has 0 aliphatic carbocycles. The summed E-state index contributed by atoms with van der Waals surface area (Å²) < 4.78 is 87.4. The number of amides is 2. The number of carbonyl (C=O) groups excluding carboxylic acids is 2. The molecule has 0 aromatic heterocycles. The second-order valence-corrected chi connectivity index (χ2v) is 14.2. The van der Waals surface area contributed by atoms with Crippen LogP contribution in [0.5, 0.6) is 0 Å². The van der Waals surface area contributed by atoms with Crippen molar-refractivity contribution in [2.24, 2.45) is 5.92 Å². The van der Waals surface area contributed by atoms with E-state index in [9.17, 15) is 35.6 Å².